The summed E-state index contributed by atoms with van der Waals surface area (Å²) < 4.78 is 25.3. The average molecular weight is 272 g/mol. The Bertz CT molecular complexity index is 33.8. The summed E-state index contributed by atoms with van der Waals surface area (Å²) in [6.45, 7) is 0. The molecule has 0 heterocycles. The molecule has 0 fully saturated rings. The van der Waals surface area contributed by atoms with Crippen LogP contribution >= 0.6 is 0 Å². The van der Waals surface area contributed by atoms with Crippen LogP contribution in [0.15, 0.2) is 0 Å². The Morgan fingerprint density at radius 3 is 1.33 bits per heavy atom. The predicted molar refractivity (Wildman–Crippen MR) is 15.5 cm³/mol. The first-order valence-corrected chi connectivity index (χ1v) is 1.50. The van der Waals surface area contributed by atoms with Crippen molar-refractivity contribution in [3.8, 4) is 0 Å². The van der Waals surface area contributed by atoms with Crippen LogP contribution in [0.2, 0.25) is 0 Å². The first-order valence-electron chi connectivity index (χ1n) is 0.500. The van der Waals surface area contributed by atoms with Crippen molar-refractivity contribution in [3.05, 3.63) is 0 Å². The van der Waals surface area contributed by atoms with Crippen molar-refractivity contribution in [2.75, 3.05) is 0 Å². The quantitative estimate of drug-likeness (QED) is 0.403. The van der Waals surface area contributed by atoms with E-state index in [4.69, 9.17) is 13.3 Å². The fourth-order valence-electron chi connectivity index (χ4n) is 0. The monoisotopic (exact) mass is 273 g/mol. The molecular formula is CaEuO3S. The normalized spacial score (nSPS) is 5.83. The molecule has 0 saturated carbocycles. The van der Waals surface area contributed by atoms with Crippen LogP contribution in [0.1, 0.15) is 0 Å². The van der Waals surface area contributed by atoms with Gasteiger partial charge in [0.25, 0.3) is 0 Å². The Balaban J connectivity index is -0.0000000450. The van der Waals surface area contributed by atoms with E-state index in [1.807, 2.05) is 0 Å². The molecule has 0 bridgehead atoms. The van der Waals surface area contributed by atoms with E-state index in [1.165, 1.54) is 0 Å². The van der Waals surface area contributed by atoms with E-state index in [0.29, 0.717) is 0 Å². The summed E-state index contributed by atoms with van der Waals surface area (Å²) in [7, 11) is 0. The molecule has 0 spiro atoms. The molecule has 0 saturated heterocycles. The second kappa shape index (κ2) is 10.8. The van der Waals surface area contributed by atoms with Crippen molar-refractivity contribution in [1.29, 1.82) is 0 Å². The van der Waals surface area contributed by atoms with Crippen LogP contribution in [0.25, 0.3) is 0 Å². The minimum Gasteiger partial charge on any atom is -0.784 e. The Kier molecular flexibility index (Phi) is 28.8. The van der Waals surface area contributed by atoms with Gasteiger partial charge in [0.1, 0.15) is 0 Å². The summed E-state index contributed by atoms with van der Waals surface area (Å²) in [5.41, 5.74) is 0. The summed E-state index contributed by atoms with van der Waals surface area (Å²) >= 11 is -3.11. The van der Waals surface area contributed by atoms with Crippen molar-refractivity contribution in [2.45, 2.75) is 0 Å². The molecule has 0 aromatic carbocycles. The van der Waals surface area contributed by atoms with Crippen LogP contribution in [0.4, 0.5) is 0 Å². The van der Waals surface area contributed by atoms with Crippen molar-refractivity contribution >= 4 is 49.1 Å². The molecule has 0 aliphatic heterocycles. The zero-order valence-corrected chi connectivity index (χ0v) is 8.17. The molecule has 0 aliphatic carbocycles. The van der Waals surface area contributed by atoms with Gasteiger partial charge in [-0.2, -0.15) is 0 Å². The van der Waals surface area contributed by atoms with Crippen LogP contribution in [0.3, 0.4) is 0 Å². The zero-order chi connectivity index (χ0) is 3.58. The van der Waals surface area contributed by atoms with Gasteiger partial charge in [-0.15, -0.1) is 11.4 Å². The van der Waals surface area contributed by atoms with Crippen LogP contribution < -0.4 is 0 Å². The molecular weight excluding hydrogens is 272 g/mol. The number of hydrogen-bond acceptors (Lipinski definition) is 3. The first-order chi connectivity index (χ1) is 1.73. The van der Waals surface area contributed by atoms with Crippen molar-refractivity contribution in [2.24, 2.45) is 0 Å². The first kappa shape index (κ1) is 16.0. The van der Waals surface area contributed by atoms with E-state index in [0.717, 1.165) is 0 Å². The topological polar surface area (TPSA) is 63.2 Å². The van der Waals surface area contributed by atoms with Gasteiger partial charge in [-0.05, 0) is 0 Å². The maximum Gasteiger partial charge on any atom is 2.00 e. The third-order valence-electron chi connectivity index (χ3n) is 0. The second-order valence-corrected chi connectivity index (χ2v) is 0.612. The van der Waals surface area contributed by atoms with Gasteiger partial charge in [0, 0.05) is 49.4 Å². The molecule has 0 aliphatic rings. The van der Waals surface area contributed by atoms with E-state index in [1.54, 1.807) is 0 Å². The minimum absolute atomic E-state index is 0. The molecule has 0 aromatic heterocycles. The maximum absolute atomic E-state index is 8.44. The average Bonchev–Trinajstić information content (AvgIpc) is 0.811. The van der Waals surface area contributed by atoms with Gasteiger partial charge < -0.3 is 9.11 Å². The summed E-state index contributed by atoms with van der Waals surface area (Å²) in [4.78, 5) is 0. The van der Waals surface area contributed by atoms with Crippen LogP contribution in [0, 0.1) is 49.4 Å². The fourth-order valence-corrected chi connectivity index (χ4v) is 0. The Hall–Kier alpha value is 2.91. The van der Waals surface area contributed by atoms with Crippen molar-refractivity contribution < 1.29 is 62.7 Å². The molecule has 0 atom stereocenters. The Morgan fingerprint density at radius 2 is 1.33 bits per heavy atom. The van der Waals surface area contributed by atoms with Gasteiger partial charge in [-0.1, -0.05) is 0 Å². The second-order valence-electron chi connectivity index (χ2n) is 0.204. The predicted octanol–water partition coefficient (Wildman–Crippen LogP) is -1.38. The van der Waals surface area contributed by atoms with Gasteiger partial charge in [-0.3, -0.25) is 4.21 Å². The summed E-state index contributed by atoms with van der Waals surface area (Å²) in [5.74, 6) is 0. The van der Waals surface area contributed by atoms with Gasteiger partial charge in [0.15, 0.2) is 0 Å². The van der Waals surface area contributed by atoms with Crippen LogP contribution in [0.5, 0.6) is 0 Å². The van der Waals surface area contributed by atoms with Crippen molar-refractivity contribution in [1.82, 2.24) is 0 Å². The molecule has 33 valence electrons. The fraction of sp³-hybridized carbons (Fsp3) is 0. The summed E-state index contributed by atoms with van der Waals surface area (Å²) in [6.07, 6.45) is 0. The molecule has 0 amide bonds. The summed E-state index contributed by atoms with van der Waals surface area (Å²) in [6, 6.07) is 0. The summed E-state index contributed by atoms with van der Waals surface area (Å²) in [5, 5.41) is 0. The Labute approximate surface area is 109 Å². The molecule has 0 aromatic rings. The van der Waals surface area contributed by atoms with Gasteiger partial charge in [0.05, 0.1) is 0 Å². The molecule has 3 nitrogen and oxygen atoms in total. The maximum atomic E-state index is 8.44. The SMILES string of the molecule is O=S([O-])[O-].[Ca+2].[Eu]. The molecule has 1 radical (unpaired) electrons. The van der Waals surface area contributed by atoms with Gasteiger partial charge >= 0.3 is 37.7 Å². The van der Waals surface area contributed by atoms with Gasteiger partial charge in [0.2, 0.25) is 0 Å². The third-order valence-corrected chi connectivity index (χ3v) is 0. The van der Waals surface area contributed by atoms with E-state index in [9.17, 15) is 0 Å². The largest absolute Gasteiger partial charge is 2.00 e. The zero-order valence-electron chi connectivity index (χ0n) is 2.72. The minimum atomic E-state index is -3.11. The van der Waals surface area contributed by atoms with E-state index in [2.05, 4.69) is 0 Å². The molecule has 0 rings (SSSR count). The number of hydrogen-bond donors (Lipinski definition) is 0. The standard InChI is InChI=1S/Ca.Eu.H2O3S/c;;1-4(2)3/h;;(H2,1,2,3)/q+2;;/p-2. The molecule has 0 N–H and O–H groups in total. The van der Waals surface area contributed by atoms with E-state index in [-0.39, 0.29) is 87.1 Å². The van der Waals surface area contributed by atoms with E-state index < -0.39 is 11.4 Å². The number of rotatable bonds is 0. The smallest absolute Gasteiger partial charge is 0.784 e. The van der Waals surface area contributed by atoms with Gasteiger partial charge in [-0.25, -0.2) is 0 Å². The molecule has 6 heavy (non-hydrogen) atoms. The Morgan fingerprint density at radius 1 is 1.33 bits per heavy atom. The third kappa shape index (κ3) is 28.5. The van der Waals surface area contributed by atoms with Crippen LogP contribution in [-0.4, -0.2) is 51.1 Å². The molecule has 6 heteroatoms. The molecule has 0 unspecified atom stereocenters. The van der Waals surface area contributed by atoms with Crippen molar-refractivity contribution in [3.63, 3.8) is 0 Å². The van der Waals surface area contributed by atoms with E-state index >= 15 is 0 Å². The van der Waals surface area contributed by atoms with Crippen LogP contribution in [-0.2, 0) is 11.4 Å².